The van der Waals surface area contributed by atoms with Crippen molar-refractivity contribution >= 4 is 23.5 Å². The van der Waals surface area contributed by atoms with Crippen LogP contribution in [0.2, 0.25) is 0 Å². The quantitative estimate of drug-likeness (QED) is 0.607. The van der Waals surface area contributed by atoms with Gasteiger partial charge < -0.3 is 9.84 Å². The van der Waals surface area contributed by atoms with Crippen LogP contribution in [-0.4, -0.2) is 29.7 Å². The van der Waals surface area contributed by atoms with Gasteiger partial charge in [0.25, 0.3) is 0 Å². The number of carbonyl (C=O) groups excluding carboxylic acids is 1. The number of ketones is 1. The van der Waals surface area contributed by atoms with Crippen LogP contribution in [0.5, 0.6) is 5.75 Å². The molecular weight excluding hydrogens is 228 g/mol. The van der Waals surface area contributed by atoms with E-state index < -0.39 is 12.4 Å². The van der Waals surface area contributed by atoms with Gasteiger partial charge in [-0.2, -0.15) is 0 Å². The molecule has 0 radical (unpaired) electrons. The highest BCUT2D eigenvalue weighted by molar-refractivity contribution is 8.00. The minimum absolute atomic E-state index is 0.166. The van der Waals surface area contributed by atoms with Gasteiger partial charge in [-0.3, -0.25) is 9.59 Å². The number of aliphatic carboxylic acids is 1. The first kappa shape index (κ1) is 12.6. The fraction of sp³-hybridized carbons (Fsp3) is 0.273. The van der Waals surface area contributed by atoms with Crippen LogP contribution < -0.4 is 4.74 Å². The van der Waals surface area contributed by atoms with Gasteiger partial charge in [-0.25, -0.2) is 0 Å². The van der Waals surface area contributed by atoms with Gasteiger partial charge in [0.2, 0.25) is 0 Å². The Kier molecular flexibility index (Phi) is 4.85. The first-order valence-electron chi connectivity index (χ1n) is 4.62. The van der Waals surface area contributed by atoms with Crippen molar-refractivity contribution in [3.63, 3.8) is 0 Å². The number of carboxylic acids is 1. The van der Waals surface area contributed by atoms with Gasteiger partial charge in [0.1, 0.15) is 12.2 Å². The largest absolute Gasteiger partial charge is 0.497 e. The number of carbonyl (C=O) groups is 2. The highest BCUT2D eigenvalue weighted by atomic mass is 32.2. The molecule has 16 heavy (non-hydrogen) atoms. The van der Waals surface area contributed by atoms with Gasteiger partial charge in [0, 0.05) is 4.90 Å². The Hall–Kier alpha value is -1.49. The second kappa shape index (κ2) is 6.17. The molecule has 0 atom stereocenters. The van der Waals surface area contributed by atoms with E-state index in [1.807, 2.05) is 18.2 Å². The summed E-state index contributed by atoms with van der Waals surface area (Å²) in [6, 6.07) is 7.28. The maximum atomic E-state index is 11.1. The lowest BCUT2D eigenvalue weighted by molar-refractivity contribution is -0.139. The zero-order valence-corrected chi connectivity index (χ0v) is 9.62. The fourth-order valence-corrected chi connectivity index (χ4v) is 1.88. The second-order valence-corrected chi connectivity index (χ2v) is 4.13. The minimum Gasteiger partial charge on any atom is -0.497 e. The number of rotatable bonds is 6. The van der Waals surface area contributed by atoms with Crippen LogP contribution in [0.25, 0.3) is 0 Å². The van der Waals surface area contributed by atoms with Crippen LogP contribution >= 0.6 is 11.8 Å². The number of Topliss-reactive ketones (excluding diaryl/α,β-unsaturated/α-hetero) is 1. The number of hydrogen-bond donors (Lipinski definition) is 1. The monoisotopic (exact) mass is 240 g/mol. The third-order valence-corrected chi connectivity index (χ3v) is 2.84. The molecule has 0 saturated carbocycles. The van der Waals surface area contributed by atoms with E-state index >= 15 is 0 Å². The predicted molar refractivity (Wildman–Crippen MR) is 61.0 cm³/mol. The van der Waals surface area contributed by atoms with Crippen molar-refractivity contribution in [1.82, 2.24) is 0 Å². The summed E-state index contributed by atoms with van der Waals surface area (Å²) in [4.78, 5) is 22.3. The van der Waals surface area contributed by atoms with E-state index in [4.69, 9.17) is 9.84 Å². The molecular formula is C11H12O4S. The molecule has 0 amide bonds. The lowest BCUT2D eigenvalue weighted by Crippen LogP contribution is -2.08. The second-order valence-electron chi connectivity index (χ2n) is 3.08. The summed E-state index contributed by atoms with van der Waals surface area (Å²) in [5.41, 5.74) is 0. The van der Waals surface area contributed by atoms with Crippen molar-refractivity contribution in [2.45, 2.75) is 11.3 Å². The first-order valence-corrected chi connectivity index (χ1v) is 5.60. The Morgan fingerprint density at radius 1 is 1.44 bits per heavy atom. The molecule has 0 bridgehead atoms. The maximum Gasteiger partial charge on any atom is 0.310 e. The van der Waals surface area contributed by atoms with Crippen LogP contribution in [0.15, 0.2) is 29.2 Å². The SMILES string of the molecule is COc1cccc(SCC(=O)CC(=O)O)c1. The van der Waals surface area contributed by atoms with E-state index in [0.717, 1.165) is 10.6 Å². The van der Waals surface area contributed by atoms with Crippen molar-refractivity contribution in [3.05, 3.63) is 24.3 Å². The Morgan fingerprint density at radius 2 is 2.19 bits per heavy atom. The summed E-state index contributed by atoms with van der Waals surface area (Å²) in [6.07, 6.45) is -0.420. The molecule has 5 heteroatoms. The summed E-state index contributed by atoms with van der Waals surface area (Å²) in [6.45, 7) is 0. The zero-order chi connectivity index (χ0) is 12.0. The Balaban J connectivity index is 2.47. The lowest BCUT2D eigenvalue weighted by Gasteiger charge is -2.03. The molecule has 0 aliphatic carbocycles. The summed E-state index contributed by atoms with van der Waals surface area (Å²) in [5, 5.41) is 8.41. The highest BCUT2D eigenvalue weighted by Crippen LogP contribution is 2.22. The van der Waals surface area contributed by atoms with Gasteiger partial charge in [0.15, 0.2) is 5.78 Å². The lowest BCUT2D eigenvalue weighted by atomic mass is 10.3. The Labute approximate surface area is 97.6 Å². The molecule has 86 valence electrons. The van der Waals surface area contributed by atoms with Crippen molar-refractivity contribution in [2.75, 3.05) is 12.9 Å². The summed E-state index contributed by atoms with van der Waals surface area (Å²) < 4.78 is 5.03. The molecule has 0 aromatic heterocycles. The number of benzene rings is 1. The Bertz CT molecular complexity index is 389. The standard InChI is InChI=1S/C11H12O4S/c1-15-9-3-2-4-10(6-9)16-7-8(12)5-11(13)14/h2-4,6H,5,7H2,1H3,(H,13,14). The van der Waals surface area contributed by atoms with Crippen molar-refractivity contribution in [2.24, 2.45) is 0 Å². The molecule has 0 spiro atoms. The van der Waals surface area contributed by atoms with Gasteiger partial charge >= 0.3 is 5.97 Å². The van der Waals surface area contributed by atoms with Gasteiger partial charge in [-0.15, -0.1) is 11.8 Å². The number of hydrogen-bond acceptors (Lipinski definition) is 4. The third kappa shape index (κ3) is 4.35. The van der Waals surface area contributed by atoms with Crippen LogP contribution in [0.3, 0.4) is 0 Å². The average molecular weight is 240 g/mol. The summed E-state index contributed by atoms with van der Waals surface area (Å²) >= 11 is 1.31. The predicted octanol–water partition coefficient (Wildman–Crippen LogP) is 1.83. The molecule has 1 N–H and O–H groups in total. The Morgan fingerprint density at radius 3 is 2.81 bits per heavy atom. The summed E-state index contributed by atoms with van der Waals surface area (Å²) in [7, 11) is 1.57. The molecule has 0 fully saturated rings. The highest BCUT2D eigenvalue weighted by Gasteiger charge is 2.08. The van der Waals surface area contributed by atoms with Crippen molar-refractivity contribution in [3.8, 4) is 5.75 Å². The molecule has 0 unspecified atom stereocenters. The van der Waals surface area contributed by atoms with Crippen LogP contribution in [0.1, 0.15) is 6.42 Å². The third-order valence-electron chi connectivity index (χ3n) is 1.79. The fourth-order valence-electron chi connectivity index (χ4n) is 1.07. The molecule has 4 nitrogen and oxygen atoms in total. The van der Waals surface area contributed by atoms with Gasteiger partial charge in [-0.1, -0.05) is 6.07 Å². The zero-order valence-electron chi connectivity index (χ0n) is 8.80. The first-order chi connectivity index (χ1) is 7.61. The van der Waals surface area contributed by atoms with Crippen LogP contribution in [-0.2, 0) is 9.59 Å². The molecule has 1 rings (SSSR count). The van der Waals surface area contributed by atoms with E-state index in [2.05, 4.69) is 0 Å². The molecule has 1 aromatic rings. The van der Waals surface area contributed by atoms with E-state index in [0.29, 0.717) is 0 Å². The number of thioether (sulfide) groups is 1. The van der Waals surface area contributed by atoms with E-state index in [1.54, 1.807) is 13.2 Å². The average Bonchev–Trinajstić information content (AvgIpc) is 2.26. The van der Waals surface area contributed by atoms with E-state index in [1.165, 1.54) is 11.8 Å². The molecule has 0 aliphatic rings. The molecule has 0 saturated heterocycles. The number of methoxy groups -OCH3 is 1. The topological polar surface area (TPSA) is 63.6 Å². The summed E-state index contributed by atoms with van der Waals surface area (Å²) in [5.74, 6) is -0.494. The van der Waals surface area contributed by atoms with E-state index in [9.17, 15) is 9.59 Å². The van der Waals surface area contributed by atoms with Crippen LogP contribution in [0.4, 0.5) is 0 Å². The molecule has 0 heterocycles. The normalized spacial score (nSPS) is 9.81. The van der Waals surface area contributed by atoms with Gasteiger partial charge in [0.05, 0.1) is 12.9 Å². The van der Waals surface area contributed by atoms with Crippen LogP contribution in [0, 0.1) is 0 Å². The van der Waals surface area contributed by atoms with Gasteiger partial charge in [-0.05, 0) is 18.2 Å². The smallest absolute Gasteiger partial charge is 0.310 e. The molecule has 0 aliphatic heterocycles. The van der Waals surface area contributed by atoms with Crippen molar-refractivity contribution in [1.29, 1.82) is 0 Å². The number of ether oxygens (including phenoxy) is 1. The minimum atomic E-state index is -1.09. The van der Waals surface area contributed by atoms with E-state index in [-0.39, 0.29) is 11.5 Å². The van der Waals surface area contributed by atoms with Crippen molar-refractivity contribution < 1.29 is 19.4 Å². The molecule has 1 aromatic carbocycles. The number of carboxylic acid groups (broad SMARTS) is 1. The maximum absolute atomic E-state index is 11.1.